The Morgan fingerprint density at radius 3 is 2.67 bits per heavy atom. The molecule has 0 spiro atoms. The highest BCUT2D eigenvalue weighted by Gasteiger charge is 2.00. The predicted octanol–water partition coefficient (Wildman–Crippen LogP) is -0.856. The van der Waals surface area contributed by atoms with Crippen molar-refractivity contribution in [1.29, 1.82) is 5.41 Å². The van der Waals surface area contributed by atoms with Gasteiger partial charge in [-0.1, -0.05) is 0 Å². The van der Waals surface area contributed by atoms with Gasteiger partial charge >= 0.3 is 0 Å². The van der Waals surface area contributed by atoms with Crippen LogP contribution in [0.5, 0.6) is 0 Å². The van der Waals surface area contributed by atoms with Gasteiger partial charge in [-0.15, -0.1) is 0 Å². The van der Waals surface area contributed by atoms with Crippen LogP contribution in [-0.2, 0) is 0 Å². The van der Waals surface area contributed by atoms with Gasteiger partial charge in [-0.05, 0) is 32.9 Å². The first-order chi connectivity index (χ1) is 5.66. The molecule has 0 aliphatic rings. The molecule has 0 radical (unpaired) electrons. The fourth-order valence-corrected chi connectivity index (χ4v) is 0.938. The molecule has 0 saturated heterocycles. The summed E-state index contributed by atoms with van der Waals surface area (Å²) in [6.07, 6.45) is 2.81. The van der Waals surface area contributed by atoms with Gasteiger partial charge in [-0.2, -0.15) is 0 Å². The molecule has 0 rings (SSSR count). The zero-order valence-corrected chi connectivity index (χ0v) is 7.56. The van der Waals surface area contributed by atoms with Crippen molar-refractivity contribution < 1.29 is 0 Å². The fourth-order valence-electron chi connectivity index (χ4n) is 0.938. The molecule has 5 heteroatoms. The van der Waals surface area contributed by atoms with Gasteiger partial charge in [0.15, 0.2) is 5.96 Å². The van der Waals surface area contributed by atoms with Crippen molar-refractivity contribution >= 4 is 5.96 Å². The van der Waals surface area contributed by atoms with E-state index in [1.165, 1.54) is 0 Å². The van der Waals surface area contributed by atoms with Crippen molar-refractivity contribution in [2.75, 3.05) is 13.6 Å². The molecule has 0 aliphatic heterocycles. The van der Waals surface area contributed by atoms with Crippen LogP contribution in [0.2, 0.25) is 0 Å². The van der Waals surface area contributed by atoms with Crippen LogP contribution in [0.3, 0.4) is 0 Å². The quantitative estimate of drug-likeness (QED) is 0.156. The van der Waals surface area contributed by atoms with Crippen molar-refractivity contribution in [1.82, 2.24) is 10.6 Å². The normalized spacial score (nSPS) is 12.5. The zero-order chi connectivity index (χ0) is 9.40. The number of hydrogen-bond acceptors (Lipinski definition) is 3. The standard InChI is InChI=1S/C7H19N5/c1-11-5-3-2-4-6(8)12-7(9)10/h6,11H,2-5,8H2,1H3,(H4,9,10,12). The number of guanidine groups is 1. The van der Waals surface area contributed by atoms with E-state index in [-0.39, 0.29) is 12.1 Å². The van der Waals surface area contributed by atoms with Crippen molar-refractivity contribution in [2.45, 2.75) is 25.4 Å². The highest BCUT2D eigenvalue weighted by Crippen LogP contribution is 1.95. The smallest absolute Gasteiger partial charge is 0.186 e. The summed E-state index contributed by atoms with van der Waals surface area (Å²) in [6.45, 7) is 1.01. The highest BCUT2D eigenvalue weighted by molar-refractivity contribution is 5.74. The van der Waals surface area contributed by atoms with E-state index < -0.39 is 0 Å². The molecule has 1 unspecified atom stereocenters. The second kappa shape index (κ2) is 6.87. The van der Waals surface area contributed by atoms with E-state index in [0.29, 0.717) is 0 Å². The van der Waals surface area contributed by atoms with Crippen LogP contribution in [-0.4, -0.2) is 25.7 Å². The van der Waals surface area contributed by atoms with Gasteiger partial charge in [0.25, 0.3) is 0 Å². The lowest BCUT2D eigenvalue weighted by Crippen LogP contribution is -2.44. The molecule has 0 fully saturated rings. The molecule has 7 N–H and O–H groups in total. The summed E-state index contributed by atoms with van der Waals surface area (Å²) in [5, 5.41) is 12.6. The van der Waals surface area contributed by atoms with E-state index in [1.807, 2.05) is 7.05 Å². The van der Waals surface area contributed by atoms with Gasteiger partial charge in [0.05, 0.1) is 6.17 Å². The predicted molar refractivity (Wildman–Crippen MR) is 50.8 cm³/mol. The summed E-state index contributed by atoms with van der Waals surface area (Å²) < 4.78 is 0. The largest absolute Gasteiger partial charge is 0.370 e. The Bertz CT molecular complexity index is 125. The van der Waals surface area contributed by atoms with Crippen LogP contribution in [0.4, 0.5) is 0 Å². The maximum absolute atomic E-state index is 6.92. The summed E-state index contributed by atoms with van der Waals surface area (Å²) in [5.74, 6) is -0.0592. The third-order valence-electron chi connectivity index (χ3n) is 1.53. The van der Waals surface area contributed by atoms with Crippen molar-refractivity contribution in [3.8, 4) is 0 Å². The second-order valence-electron chi connectivity index (χ2n) is 2.76. The summed E-state index contributed by atoms with van der Waals surface area (Å²) >= 11 is 0. The van der Waals surface area contributed by atoms with E-state index >= 15 is 0 Å². The molecule has 0 heterocycles. The van der Waals surface area contributed by atoms with E-state index in [1.54, 1.807) is 0 Å². The first kappa shape index (κ1) is 11.2. The van der Waals surface area contributed by atoms with Crippen molar-refractivity contribution in [3.63, 3.8) is 0 Å². The molecule has 72 valence electrons. The van der Waals surface area contributed by atoms with Crippen LogP contribution in [0.1, 0.15) is 19.3 Å². The molecule has 0 aliphatic carbocycles. The monoisotopic (exact) mass is 173 g/mol. The Labute approximate surface area is 73.4 Å². The second-order valence-corrected chi connectivity index (χ2v) is 2.76. The van der Waals surface area contributed by atoms with Gasteiger partial charge < -0.3 is 22.1 Å². The minimum Gasteiger partial charge on any atom is -0.370 e. The van der Waals surface area contributed by atoms with E-state index in [9.17, 15) is 0 Å². The lowest BCUT2D eigenvalue weighted by atomic mass is 10.2. The van der Waals surface area contributed by atoms with Crippen LogP contribution in [0, 0.1) is 5.41 Å². The van der Waals surface area contributed by atoms with E-state index in [4.69, 9.17) is 16.9 Å². The minimum atomic E-state index is -0.181. The molecular formula is C7H19N5. The molecule has 5 nitrogen and oxygen atoms in total. The molecule has 0 aromatic rings. The maximum Gasteiger partial charge on any atom is 0.186 e. The molecular weight excluding hydrogens is 154 g/mol. The number of hydrogen-bond donors (Lipinski definition) is 5. The molecule has 0 aromatic heterocycles. The first-order valence-electron chi connectivity index (χ1n) is 4.17. The number of nitrogens with two attached hydrogens (primary N) is 2. The van der Waals surface area contributed by atoms with Crippen molar-refractivity contribution in [2.24, 2.45) is 11.5 Å². The molecule has 0 bridgehead atoms. The average Bonchev–Trinajstić information content (AvgIpc) is 1.97. The Balaban J connectivity index is 3.19. The van der Waals surface area contributed by atoms with Gasteiger partial charge in [-0.3, -0.25) is 5.41 Å². The highest BCUT2D eigenvalue weighted by atomic mass is 15.1. The SMILES string of the molecule is CNCCCCC(N)NC(=N)N. The average molecular weight is 173 g/mol. The van der Waals surface area contributed by atoms with Crippen LogP contribution < -0.4 is 22.1 Å². The summed E-state index contributed by atoms with van der Waals surface area (Å²) in [4.78, 5) is 0. The summed E-state index contributed by atoms with van der Waals surface area (Å²) in [5.41, 5.74) is 10.7. The Morgan fingerprint density at radius 1 is 1.50 bits per heavy atom. The minimum absolute atomic E-state index is 0.0592. The third kappa shape index (κ3) is 7.30. The molecule has 0 amide bonds. The number of rotatable bonds is 6. The molecule has 12 heavy (non-hydrogen) atoms. The maximum atomic E-state index is 6.92. The lowest BCUT2D eigenvalue weighted by Gasteiger charge is -2.12. The van der Waals surface area contributed by atoms with E-state index in [2.05, 4.69) is 10.6 Å². The van der Waals surface area contributed by atoms with Gasteiger partial charge in [-0.25, -0.2) is 0 Å². The molecule has 0 saturated carbocycles. The zero-order valence-electron chi connectivity index (χ0n) is 7.56. The number of nitrogens with one attached hydrogen (secondary N) is 3. The van der Waals surface area contributed by atoms with Crippen LogP contribution in [0.15, 0.2) is 0 Å². The third-order valence-corrected chi connectivity index (χ3v) is 1.53. The van der Waals surface area contributed by atoms with Crippen molar-refractivity contribution in [3.05, 3.63) is 0 Å². The number of unbranched alkanes of at least 4 members (excludes halogenated alkanes) is 1. The van der Waals surface area contributed by atoms with Crippen LogP contribution in [0.25, 0.3) is 0 Å². The Kier molecular flexibility index (Phi) is 6.41. The van der Waals surface area contributed by atoms with Crippen LogP contribution >= 0.6 is 0 Å². The Morgan fingerprint density at radius 2 is 2.17 bits per heavy atom. The summed E-state index contributed by atoms with van der Waals surface area (Å²) in [7, 11) is 1.92. The van der Waals surface area contributed by atoms with Gasteiger partial charge in [0.2, 0.25) is 0 Å². The topological polar surface area (TPSA) is 100.0 Å². The molecule has 1 atom stereocenters. The van der Waals surface area contributed by atoms with E-state index in [0.717, 1.165) is 25.8 Å². The Hall–Kier alpha value is -0.810. The van der Waals surface area contributed by atoms with Gasteiger partial charge in [0.1, 0.15) is 0 Å². The fraction of sp³-hybridized carbons (Fsp3) is 0.857. The lowest BCUT2D eigenvalue weighted by molar-refractivity contribution is 0.530. The first-order valence-corrected chi connectivity index (χ1v) is 4.17. The molecule has 0 aromatic carbocycles. The summed E-state index contributed by atoms with van der Waals surface area (Å²) in [6, 6.07) is 0. The van der Waals surface area contributed by atoms with Gasteiger partial charge in [0, 0.05) is 0 Å².